The van der Waals surface area contributed by atoms with Gasteiger partial charge in [0.05, 0.1) is 7.11 Å². The number of carbonyl (C=O) groups is 2. The molecule has 20 heavy (non-hydrogen) atoms. The third-order valence-electron chi connectivity index (χ3n) is 3.52. The van der Waals surface area contributed by atoms with Crippen molar-refractivity contribution in [1.29, 1.82) is 0 Å². The number of amides is 1. The van der Waals surface area contributed by atoms with Gasteiger partial charge in [-0.05, 0) is 24.0 Å². The molecule has 2 rings (SSSR count). The molecule has 1 aliphatic carbocycles. The van der Waals surface area contributed by atoms with Gasteiger partial charge in [0.1, 0.15) is 5.75 Å². The first-order valence-electron chi connectivity index (χ1n) is 6.53. The molecule has 0 radical (unpaired) electrons. The van der Waals surface area contributed by atoms with E-state index in [1.807, 2.05) is 0 Å². The van der Waals surface area contributed by atoms with Gasteiger partial charge in [-0.1, -0.05) is 19.9 Å². The zero-order valence-electron chi connectivity index (χ0n) is 11.9. The molecule has 5 nitrogen and oxygen atoms in total. The van der Waals surface area contributed by atoms with Gasteiger partial charge in [0.25, 0.3) is 0 Å². The Morgan fingerprint density at radius 2 is 2.10 bits per heavy atom. The van der Waals surface area contributed by atoms with E-state index in [4.69, 9.17) is 4.74 Å². The number of nitrogens with one attached hydrogen (secondary N) is 1. The molecule has 0 bridgehead atoms. The number of methoxy groups -OCH3 is 1. The molecular formula is C15H19NO4. The zero-order chi connectivity index (χ0) is 14.8. The van der Waals surface area contributed by atoms with Gasteiger partial charge in [0.15, 0.2) is 6.61 Å². The molecule has 1 N–H and O–H groups in total. The van der Waals surface area contributed by atoms with Crippen LogP contribution in [0.4, 0.5) is 5.69 Å². The minimum absolute atomic E-state index is 0.0279. The molecule has 1 fully saturated rings. The van der Waals surface area contributed by atoms with Gasteiger partial charge in [-0.15, -0.1) is 0 Å². The van der Waals surface area contributed by atoms with Crippen molar-refractivity contribution >= 4 is 17.6 Å². The molecule has 0 saturated heterocycles. The number of ether oxygens (including phenoxy) is 2. The maximum Gasteiger partial charge on any atom is 0.343 e. The van der Waals surface area contributed by atoms with Crippen LogP contribution in [-0.2, 0) is 14.3 Å². The molecule has 1 amide bonds. The van der Waals surface area contributed by atoms with Crippen LogP contribution in [0.2, 0.25) is 0 Å². The number of hydrogen-bond acceptors (Lipinski definition) is 4. The normalized spacial score (nSPS) is 19.1. The first kappa shape index (κ1) is 14.4. The summed E-state index contributed by atoms with van der Waals surface area (Å²) in [6, 6.07) is 6.97. The number of esters is 1. The van der Waals surface area contributed by atoms with Crippen molar-refractivity contribution in [3.63, 3.8) is 0 Å². The van der Waals surface area contributed by atoms with E-state index in [9.17, 15) is 9.59 Å². The van der Waals surface area contributed by atoms with Crippen molar-refractivity contribution < 1.29 is 19.1 Å². The predicted octanol–water partition coefficient (Wildman–Crippen LogP) is 2.22. The quantitative estimate of drug-likeness (QED) is 0.838. The highest BCUT2D eigenvalue weighted by Gasteiger charge is 2.50. The lowest BCUT2D eigenvalue weighted by Crippen LogP contribution is -2.16. The van der Waals surface area contributed by atoms with E-state index in [2.05, 4.69) is 23.9 Å². The highest BCUT2D eigenvalue weighted by Crippen LogP contribution is 2.52. The monoisotopic (exact) mass is 277 g/mol. The van der Waals surface area contributed by atoms with Crippen LogP contribution in [0.3, 0.4) is 0 Å². The third kappa shape index (κ3) is 3.50. The van der Waals surface area contributed by atoms with Crippen molar-refractivity contribution in [3.8, 4) is 5.75 Å². The molecule has 1 aromatic rings. The summed E-state index contributed by atoms with van der Waals surface area (Å²) in [5, 5.41) is 2.87. The molecule has 0 spiro atoms. The Bertz CT molecular complexity index is 524. The Kier molecular flexibility index (Phi) is 3.97. The average molecular weight is 277 g/mol. The average Bonchev–Trinajstić information content (AvgIpc) is 3.05. The van der Waals surface area contributed by atoms with E-state index in [0.29, 0.717) is 11.4 Å². The summed E-state index contributed by atoms with van der Waals surface area (Å²) < 4.78 is 9.77. The van der Waals surface area contributed by atoms with Crippen LogP contribution in [0, 0.1) is 11.3 Å². The maximum atomic E-state index is 12.0. The predicted molar refractivity (Wildman–Crippen MR) is 74.5 cm³/mol. The molecule has 0 heterocycles. The summed E-state index contributed by atoms with van der Waals surface area (Å²) in [6.45, 7) is 4.00. The largest absolute Gasteiger partial charge is 0.482 e. The standard InChI is InChI=1S/C15H19NO4/c1-15(2)8-12(15)14(18)16-10-5-4-6-11(7-10)20-9-13(17)19-3/h4-7,12H,8-9H2,1-3H3,(H,16,18). The topological polar surface area (TPSA) is 64.6 Å². The second-order valence-electron chi connectivity index (χ2n) is 5.63. The summed E-state index contributed by atoms with van der Waals surface area (Å²) in [6.07, 6.45) is 0.914. The SMILES string of the molecule is COC(=O)COc1cccc(NC(=O)C2CC2(C)C)c1. The van der Waals surface area contributed by atoms with E-state index < -0.39 is 5.97 Å². The second-order valence-corrected chi connectivity index (χ2v) is 5.63. The van der Waals surface area contributed by atoms with Crippen LogP contribution in [0.25, 0.3) is 0 Å². The van der Waals surface area contributed by atoms with E-state index in [0.717, 1.165) is 6.42 Å². The fraction of sp³-hybridized carbons (Fsp3) is 0.467. The lowest BCUT2D eigenvalue weighted by molar-refractivity contribution is -0.142. The number of hydrogen-bond donors (Lipinski definition) is 1. The minimum atomic E-state index is -0.445. The van der Waals surface area contributed by atoms with E-state index in [-0.39, 0.29) is 23.8 Å². The Balaban J connectivity index is 1.92. The molecule has 1 aromatic carbocycles. The molecule has 1 unspecified atom stereocenters. The number of anilines is 1. The summed E-state index contributed by atoms with van der Waals surface area (Å²) in [7, 11) is 1.31. The van der Waals surface area contributed by atoms with E-state index in [1.54, 1.807) is 24.3 Å². The van der Waals surface area contributed by atoms with Crippen LogP contribution >= 0.6 is 0 Å². The fourth-order valence-corrected chi connectivity index (χ4v) is 2.01. The van der Waals surface area contributed by atoms with Crippen molar-refractivity contribution in [2.75, 3.05) is 19.0 Å². The molecule has 1 atom stereocenters. The number of carbonyl (C=O) groups excluding carboxylic acids is 2. The number of rotatable bonds is 5. The number of benzene rings is 1. The van der Waals surface area contributed by atoms with E-state index >= 15 is 0 Å². The summed E-state index contributed by atoms with van der Waals surface area (Å²) >= 11 is 0. The maximum absolute atomic E-state index is 12.0. The van der Waals surface area contributed by atoms with Crippen molar-refractivity contribution in [2.45, 2.75) is 20.3 Å². The van der Waals surface area contributed by atoms with Crippen LogP contribution in [0.1, 0.15) is 20.3 Å². The molecule has 108 valence electrons. The molecule has 0 aliphatic heterocycles. The van der Waals surface area contributed by atoms with E-state index in [1.165, 1.54) is 7.11 Å². The lowest BCUT2D eigenvalue weighted by Gasteiger charge is -2.09. The van der Waals surface area contributed by atoms with Gasteiger partial charge in [-0.2, -0.15) is 0 Å². The summed E-state index contributed by atoms with van der Waals surface area (Å²) in [5.41, 5.74) is 0.767. The van der Waals surface area contributed by atoms with Gasteiger partial charge >= 0.3 is 5.97 Å². The Hall–Kier alpha value is -2.04. The Morgan fingerprint density at radius 1 is 1.40 bits per heavy atom. The van der Waals surface area contributed by atoms with Crippen molar-refractivity contribution in [1.82, 2.24) is 0 Å². The van der Waals surface area contributed by atoms with Crippen molar-refractivity contribution in [2.24, 2.45) is 11.3 Å². The minimum Gasteiger partial charge on any atom is -0.482 e. The Labute approximate surface area is 118 Å². The molecular weight excluding hydrogens is 258 g/mol. The molecule has 1 saturated carbocycles. The summed E-state index contributed by atoms with van der Waals surface area (Å²) in [5.74, 6) is 0.171. The van der Waals surface area contributed by atoms with Crippen LogP contribution in [0.15, 0.2) is 24.3 Å². The van der Waals surface area contributed by atoms with Crippen molar-refractivity contribution in [3.05, 3.63) is 24.3 Å². The lowest BCUT2D eigenvalue weighted by atomic mass is 10.1. The van der Waals surface area contributed by atoms with Crippen LogP contribution < -0.4 is 10.1 Å². The van der Waals surface area contributed by atoms with Crippen LogP contribution in [0.5, 0.6) is 5.75 Å². The summed E-state index contributed by atoms with van der Waals surface area (Å²) in [4.78, 5) is 23.0. The molecule has 5 heteroatoms. The third-order valence-corrected chi connectivity index (χ3v) is 3.52. The first-order chi connectivity index (χ1) is 9.42. The highest BCUT2D eigenvalue weighted by atomic mass is 16.6. The molecule has 1 aliphatic rings. The van der Waals surface area contributed by atoms with Gasteiger partial charge < -0.3 is 14.8 Å². The van der Waals surface area contributed by atoms with Crippen LogP contribution in [-0.4, -0.2) is 25.6 Å². The smallest absolute Gasteiger partial charge is 0.343 e. The van der Waals surface area contributed by atoms with Gasteiger partial charge in [-0.25, -0.2) is 4.79 Å². The Morgan fingerprint density at radius 3 is 2.70 bits per heavy atom. The fourth-order valence-electron chi connectivity index (χ4n) is 2.01. The second kappa shape index (κ2) is 5.53. The first-order valence-corrected chi connectivity index (χ1v) is 6.53. The van der Waals surface area contributed by atoms with Gasteiger partial charge in [0.2, 0.25) is 5.91 Å². The van der Waals surface area contributed by atoms with Gasteiger partial charge in [0, 0.05) is 17.7 Å². The zero-order valence-corrected chi connectivity index (χ0v) is 11.9. The highest BCUT2D eigenvalue weighted by molar-refractivity contribution is 5.95. The molecule has 0 aromatic heterocycles. The van der Waals surface area contributed by atoms with Gasteiger partial charge in [-0.3, -0.25) is 4.79 Å².